The number of thioether (sulfide) groups is 1. The number of carboxylic acids is 1. The molecule has 0 spiro atoms. The van der Waals surface area contributed by atoms with Gasteiger partial charge in [-0.25, -0.2) is 4.79 Å². The van der Waals surface area contributed by atoms with Gasteiger partial charge in [-0.05, 0) is 47.4 Å². The molecule has 51 heavy (non-hydrogen) atoms. The Labute approximate surface area is 309 Å². The lowest BCUT2D eigenvalue weighted by Gasteiger charge is -2.41. The van der Waals surface area contributed by atoms with Crippen molar-refractivity contribution in [3.05, 3.63) is 101 Å². The van der Waals surface area contributed by atoms with E-state index in [-0.39, 0.29) is 36.2 Å². The van der Waals surface area contributed by atoms with Crippen LogP contribution in [0.3, 0.4) is 0 Å². The van der Waals surface area contributed by atoms with Gasteiger partial charge in [-0.3, -0.25) is 4.79 Å². The number of aromatic carboxylic acids is 1. The number of carbonyl (C=O) groups excluding carboxylic acids is 1. The standard InChI is InChI=1S/C43H59NO6S/c1-3-4-5-6-7-8-9-10-11-12-13-14-15-16-40(46)44-29-33-17-23-37(24-18-33)43-49-39(31-51-38-27-25-36(26-28-38)42(47)48)32(2)41(50-43)35-21-19-34(30-45)20-22-35/h17-28,32,39,41,43,45H,3-16,29-31H2,1-2H3,(H,44,46)(H,47,48). The van der Waals surface area contributed by atoms with Crippen LogP contribution in [0.25, 0.3) is 0 Å². The topological polar surface area (TPSA) is 105 Å². The Morgan fingerprint density at radius 2 is 1.25 bits per heavy atom. The highest BCUT2D eigenvalue weighted by Crippen LogP contribution is 2.43. The van der Waals surface area contributed by atoms with Crippen LogP contribution in [0.4, 0.5) is 0 Å². The Morgan fingerprint density at radius 1 is 0.706 bits per heavy atom. The summed E-state index contributed by atoms with van der Waals surface area (Å²) in [7, 11) is 0. The molecule has 0 saturated carbocycles. The average molecular weight is 718 g/mol. The predicted molar refractivity (Wildman–Crippen MR) is 206 cm³/mol. The summed E-state index contributed by atoms with van der Waals surface area (Å²) in [6.07, 6.45) is 16.4. The van der Waals surface area contributed by atoms with Gasteiger partial charge < -0.3 is 25.0 Å². The maximum Gasteiger partial charge on any atom is 0.335 e. The van der Waals surface area contributed by atoms with E-state index in [0.29, 0.717) is 18.7 Å². The number of hydrogen-bond acceptors (Lipinski definition) is 6. The van der Waals surface area contributed by atoms with Gasteiger partial charge in [0, 0.05) is 35.1 Å². The molecule has 7 nitrogen and oxygen atoms in total. The molecule has 3 aromatic carbocycles. The molecule has 1 saturated heterocycles. The maximum absolute atomic E-state index is 12.5. The van der Waals surface area contributed by atoms with E-state index in [9.17, 15) is 19.8 Å². The van der Waals surface area contributed by atoms with Crippen LogP contribution < -0.4 is 5.32 Å². The average Bonchev–Trinajstić information content (AvgIpc) is 3.16. The number of ether oxygens (including phenoxy) is 2. The third-order valence-corrected chi connectivity index (χ3v) is 11.0. The van der Waals surface area contributed by atoms with Gasteiger partial charge in [-0.1, -0.05) is 139 Å². The lowest BCUT2D eigenvalue weighted by molar-refractivity contribution is -0.268. The van der Waals surface area contributed by atoms with E-state index in [1.165, 1.54) is 70.6 Å². The summed E-state index contributed by atoms with van der Waals surface area (Å²) in [5.41, 5.74) is 4.06. The molecule has 8 heteroatoms. The van der Waals surface area contributed by atoms with Crippen LogP contribution in [0.2, 0.25) is 0 Å². The number of nitrogens with one attached hydrogen (secondary N) is 1. The number of amides is 1. The fraction of sp³-hybridized carbons (Fsp3) is 0.535. The van der Waals surface area contributed by atoms with Gasteiger partial charge >= 0.3 is 5.97 Å². The van der Waals surface area contributed by atoms with Gasteiger partial charge in [-0.15, -0.1) is 11.8 Å². The smallest absolute Gasteiger partial charge is 0.335 e. The second-order valence-electron chi connectivity index (χ2n) is 14.0. The van der Waals surface area contributed by atoms with Crippen molar-refractivity contribution < 1.29 is 29.3 Å². The van der Waals surface area contributed by atoms with E-state index >= 15 is 0 Å². The minimum Gasteiger partial charge on any atom is -0.478 e. The van der Waals surface area contributed by atoms with Gasteiger partial charge in [0.2, 0.25) is 5.91 Å². The summed E-state index contributed by atoms with van der Waals surface area (Å²) in [6.45, 7) is 4.87. The van der Waals surface area contributed by atoms with E-state index in [4.69, 9.17) is 9.47 Å². The SMILES string of the molecule is CCCCCCCCCCCCCCCC(=O)NCc1ccc(C2OC(CSc3ccc(C(=O)O)cc3)C(C)C(c3ccc(CO)cc3)O2)cc1. The van der Waals surface area contributed by atoms with E-state index < -0.39 is 12.3 Å². The number of rotatable bonds is 23. The minimum atomic E-state index is -0.941. The zero-order valence-corrected chi connectivity index (χ0v) is 31.5. The van der Waals surface area contributed by atoms with Crippen molar-refractivity contribution in [3.8, 4) is 0 Å². The molecule has 0 aliphatic carbocycles. The lowest BCUT2D eigenvalue weighted by atomic mass is 9.91. The summed E-state index contributed by atoms with van der Waals surface area (Å²) in [6, 6.07) is 22.8. The fourth-order valence-corrected chi connectivity index (χ4v) is 7.63. The molecular weight excluding hydrogens is 659 g/mol. The van der Waals surface area contributed by atoms with Crippen LogP contribution in [0.15, 0.2) is 77.7 Å². The molecule has 3 N–H and O–H groups in total. The molecule has 4 rings (SSSR count). The highest BCUT2D eigenvalue weighted by Gasteiger charge is 2.38. The Kier molecular flexibility index (Phi) is 18.1. The normalized spacial score (nSPS) is 18.8. The summed E-state index contributed by atoms with van der Waals surface area (Å²) in [5.74, 6) is -0.133. The minimum absolute atomic E-state index is 0.0146. The van der Waals surface area contributed by atoms with E-state index in [0.717, 1.165) is 40.0 Å². The van der Waals surface area contributed by atoms with Crippen LogP contribution in [-0.2, 0) is 27.4 Å². The molecule has 4 atom stereocenters. The number of aliphatic hydroxyl groups is 1. The summed E-state index contributed by atoms with van der Waals surface area (Å²) >= 11 is 1.63. The number of aliphatic hydroxyl groups excluding tert-OH is 1. The molecule has 1 aliphatic rings. The molecule has 0 radical (unpaired) electrons. The van der Waals surface area contributed by atoms with Crippen LogP contribution in [-0.4, -0.2) is 33.9 Å². The van der Waals surface area contributed by atoms with Gasteiger partial charge in [0.05, 0.1) is 24.4 Å². The number of carbonyl (C=O) groups is 2. The van der Waals surface area contributed by atoms with Crippen LogP contribution in [0.1, 0.15) is 149 Å². The molecule has 4 unspecified atom stereocenters. The van der Waals surface area contributed by atoms with Crippen molar-refractivity contribution in [2.45, 2.75) is 140 Å². The first-order chi connectivity index (χ1) is 24.9. The molecule has 1 fully saturated rings. The largest absolute Gasteiger partial charge is 0.478 e. The van der Waals surface area contributed by atoms with Crippen LogP contribution in [0.5, 0.6) is 0 Å². The Bertz CT molecular complexity index is 1430. The highest BCUT2D eigenvalue weighted by molar-refractivity contribution is 7.99. The number of benzene rings is 3. The van der Waals surface area contributed by atoms with Gasteiger partial charge in [0.15, 0.2) is 6.29 Å². The molecule has 0 aromatic heterocycles. The maximum atomic E-state index is 12.5. The second-order valence-corrected chi connectivity index (χ2v) is 15.1. The first-order valence-electron chi connectivity index (χ1n) is 19.2. The number of hydrogen-bond donors (Lipinski definition) is 3. The number of carboxylic acid groups (broad SMARTS) is 1. The van der Waals surface area contributed by atoms with Crippen molar-refractivity contribution in [3.63, 3.8) is 0 Å². The summed E-state index contributed by atoms with van der Waals surface area (Å²) in [5, 5.41) is 21.9. The van der Waals surface area contributed by atoms with Crippen molar-refractivity contribution >= 4 is 23.6 Å². The second kappa shape index (κ2) is 22.7. The molecule has 1 amide bonds. The Morgan fingerprint density at radius 3 is 1.82 bits per heavy atom. The first-order valence-corrected chi connectivity index (χ1v) is 20.2. The predicted octanol–water partition coefficient (Wildman–Crippen LogP) is 10.6. The van der Waals surface area contributed by atoms with Crippen LogP contribution in [0, 0.1) is 5.92 Å². The third-order valence-electron chi connectivity index (χ3n) is 9.89. The molecule has 1 heterocycles. The molecule has 278 valence electrons. The van der Waals surface area contributed by atoms with E-state index in [1.807, 2.05) is 60.7 Å². The molecule has 1 aliphatic heterocycles. The monoisotopic (exact) mass is 717 g/mol. The first kappa shape index (κ1) is 40.6. The lowest BCUT2D eigenvalue weighted by Crippen LogP contribution is -2.38. The van der Waals surface area contributed by atoms with Crippen molar-refractivity contribution in [1.29, 1.82) is 0 Å². The quantitative estimate of drug-likeness (QED) is 0.0662. The van der Waals surface area contributed by atoms with E-state index in [1.54, 1.807) is 23.9 Å². The molecule has 3 aromatic rings. The fourth-order valence-electron chi connectivity index (χ4n) is 6.57. The zero-order chi connectivity index (χ0) is 36.3. The zero-order valence-electron chi connectivity index (χ0n) is 30.7. The Balaban J connectivity index is 1.22. The van der Waals surface area contributed by atoms with Crippen LogP contribution >= 0.6 is 11.8 Å². The van der Waals surface area contributed by atoms with Crippen molar-refractivity contribution in [1.82, 2.24) is 5.32 Å². The highest BCUT2D eigenvalue weighted by atomic mass is 32.2. The molecule has 0 bridgehead atoms. The summed E-state index contributed by atoms with van der Waals surface area (Å²) in [4.78, 5) is 24.8. The summed E-state index contributed by atoms with van der Waals surface area (Å²) < 4.78 is 13.2. The van der Waals surface area contributed by atoms with Crippen molar-refractivity contribution in [2.24, 2.45) is 5.92 Å². The molecular formula is C43H59NO6S. The van der Waals surface area contributed by atoms with Gasteiger partial charge in [0.25, 0.3) is 0 Å². The van der Waals surface area contributed by atoms with Gasteiger partial charge in [0.1, 0.15) is 0 Å². The van der Waals surface area contributed by atoms with Crippen molar-refractivity contribution in [2.75, 3.05) is 5.75 Å². The number of unbranched alkanes of at least 4 members (excludes halogenated alkanes) is 12. The third kappa shape index (κ3) is 14.1. The Hall–Kier alpha value is -3.17. The van der Waals surface area contributed by atoms with E-state index in [2.05, 4.69) is 19.2 Å². The van der Waals surface area contributed by atoms with Gasteiger partial charge in [-0.2, -0.15) is 0 Å².